The Kier molecular flexibility index (Phi) is 4.62. The quantitative estimate of drug-likeness (QED) is 0.786. The molecule has 0 amide bonds. The lowest BCUT2D eigenvalue weighted by Gasteiger charge is -2.36. The molecule has 0 aromatic carbocycles. The summed E-state index contributed by atoms with van der Waals surface area (Å²) in [5.74, 6) is 0. The summed E-state index contributed by atoms with van der Waals surface area (Å²) in [5, 5.41) is 6.34. The molecule has 1 saturated heterocycles. The Morgan fingerprint density at radius 2 is 2.06 bits per heavy atom. The fourth-order valence-corrected chi connectivity index (χ4v) is 2.09. The second-order valence-corrected chi connectivity index (χ2v) is 5.05. The van der Waals surface area contributed by atoms with Crippen LogP contribution in [0.1, 0.15) is 39.5 Å². The third-order valence-corrected chi connectivity index (χ3v) is 3.09. The molecule has 0 bridgehead atoms. The predicted molar refractivity (Wildman–Crippen MR) is 58.4 cm³/mol. The van der Waals surface area contributed by atoms with Crippen molar-refractivity contribution < 1.29 is 13.2 Å². The van der Waals surface area contributed by atoms with Crippen LogP contribution in [0.15, 0.2) is 0 Å². The molecule has 2 atom stereocenters. The number of hydrogen-bond donors (Lipinski definition) is 2. The van der Waals surface area contributed by atoms with Crippen molar-refractivity contribution in [3.8, 4) is 0 Å². The van der Waals surface area contributed by atoms with Crippen molar-refractivity contribution >= 4 is 0 Å². The van der Waals surface area contributed by atoms with Gasteiger partial charge < -0.3 is 10.6 Å². The van der Waals surface area contributed by atoms with E-state index in [0.29, 0.717) is 6.54 Å². The van der Waals surface area contributed by atoms with Crippen molar-refractivity contribution in [1.29, 1.82) is 0 Å². The van der Waals surface area contributed by atoms with Crippen molar-refractivity contribution in [3.05, 3.63) is 0 Å². The van der Waals surface area contributed by atoms with Crippen LogP contribution in [-0.2, 0) is 0 Å². The Morgan fingerprint density at radius 3 is 2.56 bits per heavy atom. The molecule has 1 heterocycles. The van der Waals surface area contributed by atoms with E-state index in [1.54, 1.807) is 6.92 Å². The van der Waals surface area contributed by atoms with Gasteiger partial charge in [0, 0.05) is 18.1 Å². The Hall–Kier alpha value is -0.290. The highest BCUT2D eigenvalue weighted by atomic mass is 19.4. The molecule has 0 spiro atoms. The summed E-state index contributed by atoms with van der Waals surface area (Å²) in [6.45, 7) is 5.22. The van der Waals surface area contributed by atoms with Gasteiger partial charge in [-0.3, -0.25) is 0 Å². The summed E-state index contributed by atoms with van der Waals surface area (Å²) in [7, 11) is 0. The van der Waals surface area contributed by atoms with Crippen molar-refractivity contribution in [2.75, 3.05) is 13.1 Å². The van der Waals surface area contributed by atoms with Gasteiger partial charge in [-0.2, -0.15) is 13.2 Å². The standard InChI is InChI=1S/C11H21F3N2/c1-9(7-11(12,13)14)15-8-10(2)5-3-4-6-16-10/h9,15-16H,3-8H2,1-2H3. The molecule has 0 aromatic heterocycles. The van der Waals surface area contributed by atoms with E-state index in [0.717, 1.165) is 25.8 Å². The molecule has 2 N–H and O–H groups in total. The van der Waals surface area contributed by atoms with Crippen molar-refractivity contribution in [1.82, 2.24) is 10.6 Å². The van der Waals surface area contributed by atoms with Gasteiger partial charge in [-0.05, 0) is 33.2 Å². The number of hydrogen-bond acceptors (Lipinski definition) is 2. The van der Waals surface area contributed by atoms with Gasteiger partial charge in [-0.1, -0.05) is 6.42 Å². The predicted octanol–water partition coefficient (Wildman–Crippen LogP) is 2.45. The van der Waals surface area contributed by atoms with Crippen LogP contribution in [0, 0.1) is 0 Å². The highest BCUT2D eigenvalue weighted by Gasteiger charge is 2.31. The molecule has 5 heteroatoms. The van der Waals surface area contributed by atoms with E-state index < -0.39 is 18.6 Å². The first kappa shape index (κ1) is 13.8. The lowest BCUT2D eigenvalue weighted by molar-refractivity contribution is -0.139. The highest BCUT2D eigenvalue weighted by molar-refractivity contribution is 4.89. The van der Waals surface area contributed by atoms with Crippen molar-refractivity contribution in [2.24, 2.45) is 0 Å². The normalized spacial score (nSPS) is 29.1. The van der Waals surface area contributed by atoms with E-state index in [9.17, 15) is 13.2 Å². The Labute approximate surface area is 95.0 Å². The van der Waals surface area contributed by atoms with Gasteiger partial charge in [-0.25, -0.2) is 0 Å². The van der Waals surface area contributed by atoms with Crippen LogP contribution in [-0.4, -0.2) is 30.8 Å². The molecule has 2 nitrogen and oxygen atoms in total. The lowest BCUT2D eigenvalue weighted by Crippen LogP contribution is -2.54. The topological polar surface area (TPSA) is 24.1 Å². The zero-order chi connectivity index (χ0) is 12.2. The summed E-state index contributed by atoms with van der Waals surface area (Å²) >= 11 is 0. The molecule has 0 radical (unpaired) electrons. The van der Waals surface area contributed by atoms with E-state index in [1.165, 1.54) is 0 Å². The van der Waals surface area contributed by atoms with Crippen LogP contribution in [0.4, 0.5) is 13.2 Å². The van der Waals surface area contributed by atoms with Gasteiger partial charge in [0.25, 0.3) is 0 Å². The minimum absolute atomic E-state index is 0.0435. The third-order valence-electron chi connectivity index (χ3n) is 3.09. The number of nitrogens with one attached hydrogen (secondary N) is 2. The van der Waals surface area contributed by atoms with Gasteiger partial charge in [0.05, 0.1) is 6.42 Å². The summed E-state index contributed by atoms with van der Waals surface area (Å²) in [6.07, 6.45) is -1.50. The average Bonchev–Trinajstić information content (AvgIpc) is 2.14. The molecule has 96 valence electrons. The van der Waals surface area contributed by atoms with Gasteiger partial charge in [0.2, 0.25) is 0 Å². The van der Waals surface area contributed by atoms with Crippen LogP contribution in [0.25, 0.3) is 0 Å². The highest BCUT2D eigenvalue weighted by Crippen LogP contribution is 2.22. The van der Waals surface area contributed by atoms with E-state index in [2.05, 4.69) is 17.6 Å². The first-order valence-corrected chi connectivity index (χ1v) is 5.86. The zero-order valence-electron chi connectivity index (χ0n) is 9.95. The van der Waals surface area contributed by atoms with E-state index in [-0.39, 0.29) is 5.54 Å². The maximum atomic E-state index is 12.1. The molecule has 0 saturated carbocycles. The zero-order valence-corrected chi connectivity index (χ0v) is 9.95. The third kappa shape index (κ3) is 5.16. The van der Waals surface area contributed by atoms with Crippen LogP contribution in [0.5, 0.6) is 0 Å². The number of alkyl halides is 3. The molecule has 0 aromatic rings. The van der Waals surface area contributed by atoms with Crippen molar-refractivity contribution in [3.63, 3.8) is 0 Å². The molecular weight excluding hydrogens is 217 g/mol. The minimum atomic E-state index is -4.08. The number of halogens is 3. The van der Waals surface area contributed by atoms with Crippen LogP contribution >= 0.6 is 0 Å². The van der Waals surface area contributed by atoms with Crippen LogP contribution < -0.4 is 10.6 Å². The second-order valence-electron chi connectivity index (χ2n) is 5.05. The first-order chi connectivity index (χ1) is 7.31. The monoisotopic (exact) mass is 238 g/mol. The Morgan fingerprint density at radius 1 is 1.38 bits per heavy atom. The summed E-state index contributed by atoms with van der Waals surface area (Å²) in [6, 6.07) is -0.513. The molecule has 1 aliphatic heterocycles. The van der Waals surface area contributed by atoms with Gasteiger partial charge in [-0.15, -0.1) is 0 Å². The molecule has 1 fully saturated rings. The summed E-state index contributed by atoms with van der Waals surface area (Å²) in [4.78, 5) is 0. The minimum Gasteiger partial charge on any atom is -0.312 e. The van der Waals surface area contributed by atoms with Crippen LogP contribution in [0.3, 0.4) is 0 Å². The fraction of sp³-hybridized carbons (Fsp3) is 1.00. The Balaban J connectivity index is 2.27. The maximum absolute atomic E-state index is 12.1. The average molecular weight is 238 g/mol. The summed E-state index contributed by atoms with van der Waals surface area (Å²) in [5.41, 5.74) is -0.0435. The SMILES string of the molecule is CC(CC(F)(F)F)NCC1(C)CCCCN1. The molecule has 16 heavy (non-hydrogen) atoms. The smallest absolute Gasteiger partial charge is 0.312 e. The molecule has 1 aliphatic rings. The van der Waals surface area contributed by atoms with E-state index in [1.807, 2.05) is 0 Å². The fourth-order valence-electron chi connectivity index (χ4n) is 2.09. The molecular formula is C11H21F3N2. The lowest BCUT2D eigenvalue weighted by atomic mass is 9.90. The second kappa shape index (κ2) is 5.36. The number of rotatable bonds is 4. The van der Waals surface area contributed by atoms with Crippen molar-refractivity contribution in [2.45, 2.75) is 57.3 Å². The summed E-state index contributed by atoms with van der Waals surface area (Å²) < 4.78 is 36.3. The largest absolute Gasteiger partial charge is 0.390 e. The first-order valence-electron chi connectivity index (χ1n) is 5.86. The van der Waals surface area contributed by atoms with Gasteiger partial charge in [0.15, 0.2) is 0 Å². The van der Waals surface area contributed by atoms with Gasteiger partial charge >= 0.3 is 6.18 Å². The van der Waals surface area contributed by atoms with Gasteiger partial charge in [0.1, 0.15) is 0 Å². The molecule has 0 aliphatic carbocycles. The van der Waals surface area contributed by atoms with E-state index >= 15 is 0 Å². The van der Waals surface area contributed by atoms with E-state index in [4.69, 9.17) is 0 Å². The van der Waals surface area contributed by atoms with Crippen LogP contribution in [0.2, 0.25) is 0 Å². The Bertz CT molecular complexity index is 210. The maximum Gasteiger partial charge on any atom is 0.390 e. The number of piperidine rings is 1. The molecule has 1 rings (SSSR count). The molecule has 2 unspecified atom stereocenters.